The smallest absolute Gasteiger partial charge is 0.191 e. The molecule has 27 heavy (non-hydrogen) atoms. The van der Waals surface area contributed by atoms with Gasteiger partial charge in [-0.15, -0.1) is 0 Å². The summed E-state index contributed by atoms with van der Waals surface area (Å²) in [4.78, 5) is 7.64. The van der Waals surface area contributed by atoms with Crippen molar-refractivity contribution in [3.8, 4) is 11.5 Å². The highest BCUT2D eigenvalue weighted by Crippen LogP contribution is 2.31. The molecule has 8 heteroatoms. The summed E-state index contributed by atoms with van der Waals surface area (Å²) < 4.78 is 15.6. The SMILES string of the molecule is CN=C(NCCCc1cc2c(OC)cc(OC)cc2[nH]1)NCc1ccon1. The first-order valence-electron chi connectivity index (χ1n) is 8.81. The molecule has 0 saturated heterocycles. The fourth-order valence-corrected chi connectivity index (χ4v) is 2.87. The van der Waals surface area contributed by atoms with Crippen molar-refractivity contribution >= 4 is 16.9 Å². The van der Waals surface area contributed by atoms with Crippen LogP contribution in [0.5, 0.6) is 11.5 Å². The highest BCUT2D eigenvalue weighted by Gasteiger charge is 2.09. The van der Waals surface area contributed by atoms with Crippen LogP contribution in [0.15, 0.2) is 40.0 Å². The molecular formula is C19H25N5O3. The second-order valence-electron chi connectivity index (χ2n) is 6.03. The van der Waals surface area contributed by atoms with Gasteiger partial charge in [-0.3, -0.25) is 4.99 Å². The summed E-state index contributed by atoms with van der Waals surface area (Å²) in [7, 11) is 5.07. The average Bonchev–Trinajstić information content (AvgIpc) is 3.35. The molecule has 0 radical (unpaired) electrons. The Bertz CT molecular complexity index is 886. The predicted octanol–water partition coefficient (Wildman–Crippen LogP) is 2.47. The van der Waals surface area contributed by atoms with Gasteiger partial charge in [0.2, 0.25) is 0 Å². The third kappa shape index (κ3) is 4.72. The molecule has 3 rings (SSSR count). The first kappa shape index (κ1) is 18.6. The number of nitrogens with zero attached hydrogens (tertiary/aromatic N) is 2. The summed E-state index contributed by atoms with van der Waals surface area (Å²) in [6.45, 7) is 1.37. The maximum Gasteiger partial charge on any atom is 0.191 e. The monoisotopic (exact) mass is 371 g/mol. The minimum atomic E-state index is 0.569. The minimum absolute atomic E-state index is 0.569. The lowest BCUT2D eigenvalue weighted by atomic mass is 10.2. The Morgan fingerprint density at radius 2 is 2.11 bits per heavy atom. The number of aliphatic imine (C=N–C) groups is 1. The van der Waals surface area contributed by atoms with Crippen LogP contribution in [0.1, 0.15) is 17.8 Å². The summed E-state index contributed by atoms with van der Waals surface area (Å²) in [5.74, 6) is 2.32. The zero-order chi connectivity index (χ0) is 19.1. The number of methoxy groups -OCH3 is 2. The third-order valence-electron chi connectivity index (χ3n) is 4.25. The molecule has 0 bridgehead atoms. The van der Waals surface area contributed by atoms with Gasteiger partial charge in [0.05, 0.1) is 26.3 Å². The lowest BCUT2D eigenvalue weighted by Gasteiger charge is -2.10. The molecule has 0 aliphatic heterocycles. The van der Waals surface area contributed by atoms with Crippen LogP contribution in [0, 0.1) is 0 Å². The molecule has 0 spiro atoms. The second kappa shape index (κ2) is 8.98. The van der Waals surface area contributed by atoms with Crippen molar-refractivity contribution in [2.45, 2.75) is 19.4 Å². The number of rotatable bonds is 8. The number of H-pyrrole nitrogens is 1. The summed E-state index contributed by atoms with van der Waals surface area (Å²) in [6, 6.07) is 7.83. The Hall–Kier alpha value is -3.16. The van der Waals surface area contributed by atoms with Gasteiger partial charge in [0, 0.05) is 42.9 Å². The second-order valence-corrected chi connectivity index (χ2v) is 6.03. The summed E-state index contributed by atoms with van der Waals surface area (Å²) in [5, 5.41) is 11.4. The molecule has 2 aromatic heterocycles. The molecular weight excluding hydrogens is 346 g/mol. The molecule has 0 saturated carbocycles. The number of hydrogen-bond donors (Lipinski definition) is 3. The van der Waals surface area contributed by atoms with E-state index in [0.717, 1.165) is 59.1 Å². The van der Waals surface area contributed by atoms with Crippen LogP contribution in [-0.4, -0.2) is 43.9 Å². The fourth-order valence-electron chi connectivity index (χ4n) is 2.87. The fraction of sp³-hybridized carbons (Fsp3) is 0.368. The van der Waals surface area contributed by atoms with Crippen LogP contribution in [0.25, 0.3) is 10.9 Å². The Morgan fingerprint density at radius 1 is 1.22 bits per heavy atom. The van der Waals surface area contributed by atoms with E-state index in [2.05, 4.69) is 31.8 Å². The average molecular weight is 371 g/mol. The van der Waals surface area contributed by atoms with Crippen molar-refractivity contribution in [2.75, 3.05) is 27.8 Å². The molecule has 0 aliphatic carbocycles. The highest BCUT2D eigenvalue weighted by molar-refractivity contribution is 5.88. The molecule has 0 amide bonds. The van der Waals surface area contributed by atoms with E-state index in [4.69, 9.17) is 14.0 Å². The zero-order valence-corrected chi connectivity index (χ0v) is 15.8. The molecule has 0 fully saturated rings. The number of hydrogen-bond acceptors (Lipinski definition) is 5. The third-order valence-corrected chi connectivity index (χ3v) is 4.25. The van der Waals surface area contributed by atoms with E-state index in [1.54, 1.807) is 27.5 Å². The maximum atomic E-state index is 5.46. The highest BCUT2D eigenvalue weighted by atomic mass is 16.5. The normalized spacial score (nSPS) is 11.6. The minimum Gasteiger partial charge on any atom is -0.497 e. The molecule has 3 aromatic rings. The van der Waals surface area contributed by atoms with E-state index in [1.807, 2.05) is 18.2 Å². The molecule has 8 nitrogen and oxygen atoms in total. The number of benzene rings is 1. The molecule has 0 aliphatic rings. The number of aryl methyl sites for hydroxylation is 1. The van der Waals surface area contributed by atoms with Gasteiger partial charge in [-0.1, -0.05) is 5.16 Å². The number of aromatic amines is 1. The molecule has 144 valence electrons. The molecule has 3 N–H and O–H groups in total. The van der Waals surface area contributed by atoms with E-state index >= 15 is 0 Å². The van der Waals surface area contributed by atoms with Crippen molar-refractivity contribution < 1.29 is 14.0 Å². The molecule has 1 aromatic carbocycles. The first-order valence-corrected chi connectivity index (χ1v) is 8.81. The van der Waals surface area contributed by atoms with Gasteiger partial charge in [-0.2, -0.15) is 0 Å². The van der Waals surface area contributed by atoms with Crippen LogP contribution in [0.3, 0.4) is 0 Å². The lowest BCUT2D eigenvalue weighted by molar-refractivity contribution is 0.398. The van der Waals surface area contributed by atoms with Crippen molar-refractivity contribution in [1.29, 1.82) is 0 Å². The van der Waals surface area contributed by atoms with Crippen molar-refractivity contribution in [3.63, 3.8) is 0 Å². The number of guanidine groups is 1. The van der Waals surface area contributed by atoms with Gasteiger partial charge in [0.25, 0.3) is 0 Å². The lowest BCUT2D eigenvalue weighted by Crippen LogP contribution is -2.37. The van der Waals surface area contributed by atoms with Gasteiger partial charge in [0.1, 0.15) is 23.5 Å². The predicted molar refractivity (Wildman–Crippen MR) is 104 cm³/mol. The Balaban J connectivity index is 1.51. The van der Waals surface area contributed by atoms with Gasteiger partial charge < -0.3 is 29.6 Å². The Kier molecular flexibility index (Phi) is 6.19. The topological polar surface area (TPSA) is 96.7 Å². The van der Waals surface area contributed by atoms with Crippen LogP contribution in [-0.2, 0) is 13.0 Å². The standard InChI is InChI=1S/C19H25N5O3/c1-20-19(22-12-14-6-8-27-24-14)21-7-4-5-13-9-16-17(23-13)10-15(25-2)11-18(16)26-3/h6,8-11,23H,4-5,7,12H2,1-3H3,(H2,20,21,22). The summed E-state index contributed by atoms with van der Waals surface area (Å²) in [6.07, 6.45) is 3.42. The number of nitrogens with one attached hydrogen (secondary N) is 3. The van der Waals surface area contributed by atoms with E-state index in [1.165, 1.54) is 0 Å². The van der Waals surface area contributed by atoms with E-state index in [9.17, 15) is 0 Å². The Labute approximate surface area is 157 Å². The summed E-state index contributed by atoms with van der Waals surface area (Å²) in [5.41, 5.74) is 3.00. The van der Waals surface area contributed by atoms with Crippen LogP contribution >= 0.6 is 0 Å². The van der Waals surface area contributed by atoms with E-state index in [0.29, 0.717) is 6.54 Å². The van der Waals surface area contributed by atoms with Gasteiger partial charge in [-0.25, -0.2) is 0 Å². The summed E-state index contributed by atoms with van der Waals surface area (Å²) >= 11 is 0. The number of aromatic nitrogens is 2. The zero-order valence-electron chi connectivity index (χ0n) is 15.8. The van der Waals surface area contributed by atoms with Crippen molar-refractivity contribution in [3.05, 3.63) is 41.9 Å². The van der Waals surface area contributed by atoms with Crippen molar-refractivity contribution in [1.82, 2.24) is 20.8 Å². The van der Waals surface area contributed by atoms with Crippen molar-refractivity contribution in [2.24, 2.45) is 4.99 Å². The van der Waals surface area contributed by atoms with E-state index < -0.39 is 0 Å². The van der Waals surface area contributed by atoms with Crippen LogP contribution < -0.4 is 20.1 Å². The van der Waals surface area contributed by atoms with Crippen LogP contribution in [0.2, 0.25) is 0 Å². The van der Waals surface area contributed by atoms with Gasteiger partial charge in [-0.05, 0) is 18.9 Å². The molecule has 0 unspecified atom stereocenters. The first-order chi connectivity index (χ1) is 13.2. The largest absolute Gasteiger partial charge is 0.497 e. The van der Waals surface area contributed by atoms with Gasteiger partial charge >= 0.3 is 0 Å². The van der Waals surface area contributed by atoms with Gasteiger partial charge in [0.15, 0.2) is 5.96 Å². The van der Waals surface area contributed by atoms with Crippen LogP contribution in [0.4, 0.5) is 0 Å². The maximum absolute atomic E-state index is 5.46. The quantitative estimate of drug-likeness (QED) is 0.320. The van der Waals surface area contributed by atoms with E-state index in [-0.39, 0.29) is 0 Å². The number of ether oxygens (including phenoxy) is 2. The molecule has 2 heterocycles. The number of fused-ring (bicyclic) bond motifs is 1. The molecule has 0 atom stereocenters. The Morgan fingerprint density at radius 3 is 2.81 bits per heavy atom.